The van der Waals surface area contributed by atoms with Crippen molar-refractivity contribution in [2.24, 2.45) is 0 Å². The Morgan fingerprint density at radius 2 is 2.10 bits per heavy atom. The summed E-state index contributed by atoms with van der Waals surface area (Å²) in [6.07, 6.45) is 4.29. The van der Waals surface area contributed by atoms with Gasteiger partial charge in [-0.2, -0.15) is 0 Å². The lowest BCUT2D eigenvalue weighted by Gasteiger charge is -2.05. The third kappa shape index (κ3) is 3.91. The van der Waals surface area contributed by atoms with E-state index in [0.717, 1.165) is 0 Å². The molecule has 0 aromatic carbocycles. The van der Waals surface area contributed by atoms with Crippen molar-refractivity contribution < 1.29 is 23.5 Å². The van der Waals surface area contributed by atoms with Crippen molar-refractivity contribution in [1.82, 2.24) is 4.98 Å². The lowest BCUT2D eigenvalue weighted by atomic mass is 10.2. The molecule has 2 aromatic heterocycles. The standard InChI is InChI=1S/C14H12BrNO5/c1-2-19-14(18)11-3-4-20-12(11)8-21-13(17)9-5-10(15)7-16-6-9/h3-7H,2,8H2,1H3. The van der Waals surface area contributed by atoms with Crippen LogP contribution in [0.2, 0.25) is 0 Å². The van der Waals surface area contributed by atoms with Crippen LogP contribution in [0, 0.1) is 0 Å². The highest BCUT2D eigenvalue weighted by Crippen LogP contribution is 2.15. The van der Waals surface area contributed by atoms with E-state index < -0.39 is 11.9 Å². The van der Waals surface area contributed by atoms with E-state index in [9.17, 15) is 9.59 Å². The van der Waals surface area contributed by atoms with Crippen molar-refractivity contribution in [3.05, 3.63) is 52.1 Å². The molecule has 0 aliphatic carbocycles. The highest BCUT2D eigenvalue weighted by atomic mass is 79.9. The summed E-state index contributed by atoms with van der Waals surface area (Å²) in [5.41, 5.74) is 0.547. The Morgan fingerprint density at radius 3 is 2.81 bits per heavy atom. The normalized spacial score (nSPS) is 10.2. The highest BCUT2D eigenvalue weighted by molar-refractivity contribution is 9.10. The summed E-state index contributed by atoms with van der Waals surface area (Å²) in [5, 5.41) is 0. The van der Waals surface area contributed by atoms with Crippen LogP contribution >= 0.6 is 15.9 Å². The fourth-order valence-electron chi connectivity index (χ4n) is 1.58. The average molecular weight is 354 g/mol. The second-order valence-corrected chi connectivity index (χ2v) is 4.86. The Kier molecular flexibility index (Phi) is 5.10. The summed E-state index contributed by atoms with van der Waals surface area (Å²) in [7, 11) is 0. The van der Waals surface area contributed by atoms with Gasteiger partial charge in [0.2, 0.25) is 0 Å². The molecule has 0 fully saturated rings. The van der Waals surface area contributed by atoms with Gasteiger partial charge in [-0.3, -0.25) is 4.98 Å². The average Bonchev–Trinajstić information content (AvgIpc) is 2.93. The molecule has 0 saturated carbocycles. The molecule has 110 valence electrons. The quantitative estimate of drug-likeness (QED) is 0.768. The van der Waals surface area contributed by atoms with E-state index in [0.29, 0.717) is 10.0 Å². The molecule has 21 heavy (non-hydrogen) atoms. The Bertz CT molecular complexity index is 652. The number of nitrogens with zero attached hydrogens (tertiary/aromatic N) is 1. The van der Waals surface area contributed by atoms with Crippen molar-refractivity contribution in [1.29, 1.82) is 0 Å². The fourth-order valence-corrected chi connectivity index (χ4v) is 1.95. The van der Waals surface area contributed by atoms with Gasteiger partial charge in [-0.05, 0) is 35.0 Å². The minimum Gasteiger partial charge on any atom is -0.465 e. The first-order chi connectivity index (χ1) is 10.1. The van der Waals surface area contributed by atoms with Gasteiger partial charge in [0.15, 0.2) is 12.4 Å². The summed E-state index contributed by atoms with van der Waals surface area (Å²) in [4.78, 5) is 27.4. The van der Waals surface area contributed by atoms with Gasteiger partial charge in [-0.25, -0.2) is 9.59 Å². The van der Waals surface area contributed by atoms with Crippen molar-refractivity contribution in [3.63, 3.8) is 0 Å². The first-order valence-electron chi connectivity index (χ1n) is 6.13. The maximum atomic E-state index is 11.9. The van der Waals surface area contributed by atoms with Crippen LogP contribution < -0.4 is 0 Å². The van der Waals surface area contributed by atoms with Gasteiger partial charge in [-0.15, -0.1) is 0 Å². The zero-order valence-electron chi connectivity index (χ0n) is 11.2. The lowest BCUT2D eigenvalue weighted by molar-refractivity contribution is 0.0422. The number of hydrogen-bond donors (Lipinski definition) is 0. The molecule has 0 unspecified atom stereocenters. The minimum absolute atomic E-state index is 0.160. The first kappa shape index (κ1) is 15.2. The molecule has 0 bridgehead atoms. The fraction of sp³-hybridized carbons (Fsp3) is 0.214. The van der Waals surface area contributed by atoms with Crippen LogP contribution in [-0.4, -0.2) is 23.5 Å². The molecule has 7 heteroatoms. The molecule has 2 heterocycles. The number of ether oxygens (including phenoxy) is 2. The maximum Gasteiger partial charge on any atom is 0.341 e. The molecule has 2 aromatic rings. The summed E-state index contributed by atoms with van der Waals surface area (Å²) in [6, 6.07) is 3.06. The third-order valence-corrected chi connectivity index (χ3v) is 2.95. The first-order valence-corrected chi connectivity index (χ1v) is 6.92. The number of aromatic nitrogens is 1. The molecule has 6 nitrogen and oxygen atoms in total. The van der Waals surface area contributed by atoms with Crippen LogP contribution in [0.5, 0.6) is 0 Å². The Balaban J connectivity index is 2.02. The molecule has 0 N–H and O–H groups in total. The predicted molar refractivity (Wildman–Crippen MR) is 75.7 cm³/mol. The smallest absolute Gasteiger partial charge is 0.341 e. The van der Waals surface area contributed by atoms with Crippen LogP contribution in [0.4, 0.5) is 0 Å². The monoisotopic (exact) mass is 353 g/mol. The van der Waals surface area contributed by atoms with Crippen LogP contribution in [0.3, 0.4) is 0 Å². The summed E-state index contributed by atoms with van der Waals surface area (Å²) in [5.74, 6) is -0.832. The number of furan rings is 1. The zero-order valence-corrected chi connectivity index (χ0v) is 12.8. The Labute approximate surface area is 129 Å². The number of rotatable bonds is 5. The second kappa shape index (κ2) is 7.03. The van der Waals surface area contributed by atoms with Gasteiger partial charge in [-0.1, -0.05) is 0 Å². The van der Waals surface area contributed by atoms with Crippen LogP contribution in [-0.2, 0) is 16.1 Å². The molecule has 0 spiro atoms. The van der Waals surface area contributed by atoms with E-state index in [4.69, 9.17) is 13.9 Å². The lowest BCUT2D eigenvalue weighted by Crippen LogP contribution is -2.09. The van der Waals surface area contributed by atoms with Gasteiger partial charge < -0.3 is 13.9 Å². The summed E-state index contributed by atoms with van der Waals surface area (Å²) >= 11 is 3.22. The predicted octanol–water partition coefficient (Wildman–Crippen LogP) is 2.97. The molecular weight excluding hydrogens is 342 g/mol. The van der Waals surface area contributed by atoms with Crippen molar-refractivity contribution in [2.75, 3.05) is 6.61 Å². The van der Waals surface area contributed by atoms with Gasteiger partial charge in [0.05, 0.1) is 18.4 Å². The molecule has 0 saturated heterocycles. The number of pyridine rings is 1. The zero-order chi connectivity index (χ0) is 15.2. The molecule has 0 atom stereocenters. The van der Waals surface area contributed by atoms with E-state index in [1.165, 1.54) is 18.5 Å². The van der Waals surface area contributed by atoms with Crippen molar-refractivity contribution in [3.8, 4) is 0 Å². The van der Waals surface area contributed by atoms with E-state index in [-0.39, 0.29) is 24.5 Å². The molecule has 0 aliphatic rings. The van der Waals surface area contributed by atoms with Gasteiger partial charge in [0.25, 0.3) is 0 Å². The minimum atomic E-state index is -0.560. The topological polar surface area (TPSA) is 78.6 Å². The highest BCUT2D eigenvalue weighted by Gasteiger charge is 2.17. The second-order valence-electron chi connectivity index (χ2n) is 3.95. The van der Waals surface area contributed by atoms with Crippen LogP contribution in [0.25, 0.3) is 0 Å². The maximum absolute atomic E-state index is 11.9. The van der Waals surface area contributed by atoms with E-state index in [1.807, 2.05) is 0 Å². The van der Waals surface area contributed by atoms with E-state index in [2.05, 4.69) is 20.9 Å². The molecule has 2 rings (SSSR count). The van der Waals surface area contributed by atoms with E-state index >= 15 is 0 Å². The van der Waals surface area contributed by atoms with E-state index in [1.54, 1.807) is 19.2 Å². The molecular formula is C14H12BrNO5. The van der Waals surface area contributed by atoms with Gasteiger partial charge in [0, 0.05) is 16.9 Å². The third-order valence-electron chi connectivity index (χ3n) is 2.52. The Morgan fingerprint density at radius 1 is 1.29 bits per heavy atom. The number of esters is 2. The number of halogens is 1. The number of carbonyl (C=O) groups is 2. The summed E-state index contributed by atoms with van der Waals surface area (Å²) < 4.78 is 15.8. The van der Waals surface area contributed by atoms with Crippen molar-refractivity contribution >= 4 is 27.9 Å². The Hall–Kier alpha value is -2.15. The number of hydrogen-bond acceptors (Lipinski definition) is 6. The van der Waals surface area contributed by atoms with Crippen molar-refractivity contribution in [2.45, 2.75) is 13.5 Å². The van der Waals surface area contributed by atoms with Crippen LogP contribution in [0.1, 0.15) is 33.4 Å². The molecule has 0 aliphatic heterocycles. The van der Waals surface area contributed by atoms with Gasteiger partial charge >= 0.3 is 11.9 Å². The molecule has 0 amide bonds. The van der Waals surface area contributed by atoms with Crippen LogP contribution in [0.15, 0.2) is 39.7 Å². The largest absolute Gasteiger partial charge is 0.465 e. The van der Waals surface area contributed by atoms with Gasteiger partial charge in [0.1, 0.15) is 5.56 Å². The number of carbonyl (C=O) groups excluding carboxylic acids is 2. The SMILES string of the molecule is CCOC(=O)c1ccoc1COC(=O)c1cncc(Br)c1. The molecule has 0 radical (unpaired) electrons. The summed E-state index contributed by atoms with van der Waals surface area (Å²) in [6.45, 7) is 1.80.